The number of carbonyl (C=O) groups is 3. The van der Waals surface area contributed by atoms with Crippen LogP contribution in [0.5, 0.6) is 0 Å². The molecule has 0 aromatic heterocycles. The van der Waals surface area contributed by atoms with Crippen LogP contribution in [0.1, 0.15) is 232 Å². The zero-order valence-corrected chi connectivity index (χ0v) is 42.9. The largest absolute Gasteiger partial charge is 0.477 e. The van der Waals surface area contributed by atoms with Gasteiger partial charge in [-0.2, -0.15) is 0 Å². The van der Waals surface area contributed by atoms with Gasteiger partial charge in [-0.05, 0) is 64.2 Å². The highest BCUT2D eigenvalue weighted by Crippen LogP contribution is 2.16. The van der Waals surface area contributed by atoms with E-state index in [-0.39, 0.29) is 36.2 Å². The Morgan fingerprint density at radius 3 is 1.23 bits per heavy atom. The second kappa shape index (κ2) is 47.5. The van der Waals surface area contributed by atoms with E-state index in [4.69, 9.17) is 14.2 Å². The summed E-state index contributed by atoms with van der Waals surface area (Å²) in [4.78, 5) is 37.2. The van der Waals surface area contributed by atoms with Gasteiger partial charge >= 0.3 is 17.9 Å². The van der Waals surface area contributed by atoms with Gasteiger partial charge < -0.3 is 23.8 Å². The number of aliphatic carboxylic acids is 1. The molecule has 8 heteroatoms. The molecular weight excluding hydrogens is 811 g/mol. The molecule has 0 amide bonds. The van der Waals surface area contributed by atoms with Gasteiger partial charge in [0.2, 0.25) is 0 Å². The molecule has 0 fully saturated rings. The molecule has 0 heterocycles. The van der Waals surface area contributed by atoms with Crippen molar-refractivity contribution in [1.82, 2.24) is 0 Å². The maximum absolute atomic E-state index is 12.8. The Hall–Kier alpha value is -2.97. The fourth-order valence-electron chi connectivity index (χ4n) is 7.76. The molecule has 0 saturated heterocycles. The Morgan fingerprint density at radius 1 is 0.462 bits per heavy atom. The van der Waals surface area contributed by atoms with E-state index in [0.717, 1.165) is 64.2 Å². The fourth-order valence-corrected chi connectivity index (χ4v) is 7.76. The number of quaternary nitrogens is 1. The summed E-state index contributed by atoms with van der Waals surface area (Å²) in [5.74, 6) is -1.51. The molecule has 8 nitrogen and oxygen atoms in total. The molecule has 0 aliphatic carbocycles. The molecule has 0 saturated carbocycles. The van der Waals surface area contributed by atoms with Crippen LogP contribution >= 0.6 is 0 Å². The second-order valence-corrected chi connectivity index (χ2v) is 19.1. The number of carboxylic acid groups (broad SMARTS) is 1. The molecule has 0 aliphatic heterocycles. The number of esters is 2. The Kier molecular flexibility index (Phi) is 45.3. The van der Waals surface area contributed by atoms with Crippen LogP contribution in [0.3, 0.4) is 0 Å². The van der Waals surface area contributed by atoms with Gasteiger partial charge in [0.25, 0.3) is 0 Å². The minimum atomic E-state index is -0.880. The lowest BCUT2D eigenvalue weighted by Gasteiger charge is -2.31. The number of carbonyl (C=O) groups excluding carboxylic acids is 2. The average Bonchev–Trinajstić information content (AvgIpc) is 3.27. The predicted molar refractivity (Wildman–Crippen MR) is 275 cm³/mol. The number of carboxylic acids is 1. The van der Waals surface area contributed by atoms with Crippen molar-refractivity contribution in [3.63, 3.8) is 0 Å². The number of unbranched alkanes of at least 4 members (excludes halogenated alkanes) is 24. The highest BCUT2D eigenvalue weighted by atomic mass is 16.6. The lowest BCUT2D eigenvalue weighted by molar-refractivity contribution is -0.887. The van der Waals surface area contributed by atoms with E-state index in [1.165, 1.54) is 135 Å². The summed E-state index contributed by atoms with van der Waals surface area (Å²) >= 11 is 0. The minimum Gasteiger partial charge on any atom is -0.477 e. The van der Waals surface area contributed by atoms with E-state index in [1.54, 1.807) is 0 Å². The lowest BCUT2D eigenvalue weighted by atomic mass is 10.0. The van der Waals surface area contributed by atoms with Crippen molar-refractivity contribution < 1.29 is 38.2 Å². The van der Waals surface area contributed by atoms with Crippen molar-refractivity contribution in [2.24, 2.45) is 0 Å². The van der Waals surface area contributed by atoms with Gasteiger partial charge in [0, 0.05) is 19.3 Å². The summed E-state index contributed by atoms with van der Waals surface area (Å²) in [6.07, 6.45) is 59.9. The quantitative estimate of drug-likeness (QED) is 0.0281. The van der Waals surface area contributed by atoms with Gasteiger partial charge in [-0.25, -0.2) is 4.79 Å². The molecule has 0 radical (unpaired) electrons. The van der Waals surface area contributed by atoms with Crippen molar-refractivity contribution >= 4 is 17.9 Å². The Morgan fingerprint density at radius 2 is 0.815 bits per heavy atom. The molecule has 0 bridgehead atoms. The molecule has 65 heavy (non-hydrogen) atoms. The molecule has 0 rings (SSSR count). The maximum Gasteiger partial charge on any atom is 0.362 e. The SMILES string of the molecule is CCCCC/C=C/C/C=C/C/C=C/C/C=C/C/C=C/CCCCC(=O)OCC(COCCC(C(=O)O)[N+](C)(C)C)OC(=O)CCCCCCCCCCCCCCCCCCCCCC. The maximum atomic E-state index is 12.8. The summed E-state index contributed by atoms with van der Waals surface area (Å²) < 4.78 is 17.3. The number of nitrogens with zero attached hydrogens (tertiary/aromatic N) is 1. The van der Waals surface area contributed by atoms with Gasteiger partial charge in [-0.15, -0.1) is 0 Å². The van der Waals surface area contributed by atoms with E-state index in [1.807, 2.05) is 21.1 Å². The lowest BCUT2D eigenvalue weighted by Crippen LogP contribution is -2.50. The molecule has 0 spiro atoms. The Labute approximate surface area is 400 Å². The molecule has 0 aromatic carbocycles. The Bertz CT molecular complexity index is 1250. The molecule has 0 aromatic rings. The van der Waals surface area contributed by atoms with Crippen molar-refractivity contribution in [3.8, 4) is 0 Å². The van der Waals surface area contributed by atoms with E-state index in [0.29, 0.717) is 19.3 Å². The van der Waals surface area contributed by atoms with Crippen molar-refractivity contribution in [2.45, 2.75) is 244 Å². The molecule has 2 unspecified atom stereocenters. The van der Waals surface area contributed by atoms with Gasteiger partial charge in [-0.1, -0.05) is 209 Å². The van der Waals surface area contributed by atoms with Gasteiger partial charge in [0.15, 0.2) is 12.1 Å². The normalized spacial score (nSPS) is 13.3. The van der Waals surface area contributed by atoms with Crippen molar-refractivity contribution in [1.29, 1.82) is 0 Å². The van der Waals surface area contributed by atoms with E-state index >= 15 is 0 Å². The molecule has 376 valence electrons. The minimum absolute atomic E-state index is 0.0476. The predicted octanol–water partition coefficient (Wildman–Crippen LogP) is 15.7. The third kappa shape index (κ3) is 46.0. The van der Waals surface area contributed by atoms with Gasteiger partial charge in [-0.3, -0.25) is 9.59 Å². The summed E-state index contributed by atoms with van der Waals surface area (Å²) in [5, 5.41) is 9.66. The van der Waals surface area contributed by atoms with E-state index < -0.39 is 18.1 Å². The third-order valence-corrected chi connectivity index (χ3v) is 11.9. The first kappa shape index (κ1) is 62.0. The molecular formula is C57H102NO7+. The van der Waals surface area contributed by atoms with E-state index in [9.17, 15) is 19.5 Å². The number of likely N-dealkylation sites (N-methyl/N-ethyl adjacent to an activating group) is 1. The highest BCUT2D eigenvalue weighted by Gasteiger charge is 2.31. The van der Waals surface area contributed by atoms with Crippen LogP contribution in [0.2, 0.25) is 0 Å². The molecule has 2 atom stereocenters. The summed E-state index contributed by atoms with van der Waals surface area (Å²) in [6, 6.07) is -0.623. The zero-order chi connectivity index (χ0) is 47.7. The van der Waals surface area contributed by atoms with Crippen LogP contribution in [-0.4, -0.2) is 80.6 Å². The average molecular weight is 913 g/mol. The fraction of sp³-hybridized carbons (Fsp3) is 0.772. The molecule has 0 aliphatic rings. The number of rotatable bonds is 48. The number of hydrogen-bond donors (Lipinski definition) is 1. The third-order valence-electron chi connectivity index (χ3n) is 11.9. The first-order chi connectivity index (χ1) is 31.6. The summed E-state index contributed by atoms with van der Waals surface area (Å²) in [7, 11) is 5.53. The van der Waals surface area contributed by atoms with Crippen LogP contribution in [0.15, 0.2) is 60.8 Å². The van der Waals surface area contributed by atoms with Crippen molar-refractivity contribution in [3.05, 3.63) is 60.8 Å². The topological polar surface area (TPSA) is 99.1 Å². The number of allylic oxidation sites excluding steroid dienone is 10. The van der Waals surface area contributed by atoms with Crippen molar-refractivity contribution in [2.75, 3.05) is 41.0 Å². The second-order valence-electron chi connectivity index (χ2n) is 19.1. The first-order valence-electron chi connectivity index (χ1n) is 26.8. The Balaban J connectivity index is 4.29. The number of ether oxygens (including phenoxy) is 3. The van der Waals surface area contributed by atoms with E-state index in [2.05, 4.69) is 74.6 Å². The smallest absolute Gasteiger partial charge is 0.362 e. The first-order valence-corrected chi connectivity index (χ1v) is 26.8. The summed E-state index contributed by atoms with van der Waals surface area (Å²) in [6.45, 7) is 4.69. The summed E-state index contributed by atoms with van der Waals surface area (Å²) in [5.41, 5.74) is 0. The van der Waals surface area contributed by atoms with Crippen LogP contribution in [-0.2, 0) is 28.6 Å². The van der Waals surface area contributed by atoms with Gasteiger partial charge in [0.05, 0.1) is 34.4 Å². The van der Waals surface area contributed by atoms with Crippen LogP contribution in [0, 0.1) is 0 Å². The van der Waals surface area contributed by atoms with Crippen LogP contribution in [0.25, 0.3) is 0 Å². The number of hydrogen-bond acceptors (Lipinski definition) is 6. The molecule has 1 N–H and O–H groups in total. The van der Waals surface area contributed by atoms with Crippen LogP contribution in [0.4, 0.5) is 0 Å². The zero-order valence-electron chi connectivity index (χ0n) is 42.9. The van der Waals surface area contributed by atoms with Gasteiger partial charge in [0.1, 0.15) is 6.61 Å². The highest BCUT2D eigenvalue weighted by molar-refractivity contribution is 5.72. The monoisotopic (exact) mass is 913 g/mol. The van der Waals surface area contributed by atoms with Crippen LogP contribution < -0.4 is 0 Å². The standard InChI is InChI=1S/C57H101NO7/c1-6-8-10-12-14-16-18-20-22-24-26-28-30-31-33-35-37-39-41-43-45-47-55(59)64-52-53(51-63-50-49-54(57(61)62)58(3,4)5)65-56(60)48-46-44-42-40-38-36-34-32-29-27-25-23-21-19-17-15-13-11-9-7-2/h14,16,20,22,26,28,31,33,37,39,53-54H,6-13,15,17-19,21,23-25,27,29-30,32,34-36,38,40-52H2,1-5H3/p+1/b16-14+,22-20+,28-26+,33-31+,39-37+.